The molecule has 3 aromatic rings. The predicted octanol–water partition coefficient (Wildman–Crippen LogP) is 4.05. The maximum atomic E-state index is 5.50. The lowest BCUT2D eigenvalue weighted by Gasteiger charge is -2.28. The minimum Gasteiger partial charge on any atom is -0.378 e. The minimum absolute atomic E-state index is 0.478. The highest BCUT2D eigenvalue weighted by Crippen LogP contribution is 2.37. The highest BCUT2D eigenvalue weighted by atomic mass is 79.9. The third-order valence-corrected chi connectivity index (χ3v) is 5.39. The van der Waals surface area contributed by atoms with Crippen LogP contribution < -0.4 is 4.90 Å². The van der Waals surface area contributed by atoms with Gasteiger partial charge in [0.15, 0.2) is 5.65 Å². The molecule has 0 spiro atoms. The van der Waals surface area contributed by atoms with Gasteiger partial charge in [-0.1, -0.05) is 41.9 Å². The second-order valence-corrected chi connectivity index (χ2v) is 7.74. The standard InChI is InChI=1S/C19H22BrN5O/c1-11(2)13-4-5-14(15(20)10-13)17-16-18(24-23-17)21-12(3)22-19(16)25-6-8-26-9-7-25/h4-5,10-11H,6-9H2,1-3H3,(H,21,22,23,24). The van der Waals surface area contributed by atoms with Crippen LogP contribution in [-0.4, -0.2) is 46.5 Å². The molecule has 6 nitrogen and oxygen atoms in total. The number of rotatable bonds is 3. The van der Waals surface area contributed by atoms with Crippen molar-refractivity contribution in [3.05, 3.63) is 34.1 Å². The number of aryl methyl sites for hydroxylation is 1. The first-order valence-electron chi connectivity index (χ1n) is 8.90. The molecular weight excluding hydrogens is 394 g/mol. The summed E-state index contributed by atoms with van der Waals surface area (Å²) in [6.45, 7) is 9.37. The molecule has 4 rings (SSSR count). The summed E-state index contributed by atoms with van der Waals surface area (Å²) in [7, 11) is 0. The Labute approximate surface area is 161 Å². The molecule has 0 saturated carbocycles. The summed E-state index contributed by atoms with van der Waals surface area (Å²) >= 11 is 3.73. The lowest BCUT2D eigenvalue weighted by molar-refractivity contribution is 0.122. The van der Waals surface area contributed by atoms with Crippen LogP contribution in [0.25, 0.3) is 22.3 Å². The van der Waals surface area contributed by atoms with Crippen LogP contribution in [0.2, 0.25) is 0 Å². The number of benzene rings is 1. The monoisotopic (exact) mass is 415 g/mol. The fourth-order valence-electron chi connectivity index (χ4n) is 3.30. The van der Waals surface area contributed by atoms with Gasteiger partial charge in [-0.15, -0.1) is 0 Å². The Bertz CT molecular complexity index is 946. The Morgan fingerprint density at radius 1 is 1.19 bits per heavy atom. The van der Waals surface area contributed by atoms with Gasteiger partial charge >= 0.3 is 0 Å². The molecule has 0 atom stereocenters. The van der Waals surface area contributed by atoms with E-state index in [0.29, 0.717) is 19.1 Å². The van der Waals surface area contributed by atoms with E-state index in [4.69, 9.17) is 9.72 Å². The van der Waals surface area contributed by atoms with Crippen molar-refractivity contribution in [2.75, 3.05) is 31.2 Å². The second kappa shape index (κ2) is 6.96. The van der Waals surface area contributed by atoms with E-state index in [9.17, 15) is 0 Å². The van der Waals surface area contributed by atoms with E-state index in [1.54, 1.807) is 0 Å². The normalized spacial score (nSPS) is 15.2. The maximum Gasteiger partial charge on any atom is 0.161 e. The number of nitrogens with zero attached hydrogens (tertiary/aromatic N) is 4. The second-order valence-electron chi connectivity index (χ2n) is 6.88. The summed E-state index contributed by atoms with van der Waals surface area (Å²) in [5.41, 5.74) is 3.99. The molecule has 2 aromatic heterocycles. The van der Waals surface area contributed by atoms with Crippen LogP contribution in [-0.2, 0) is 4.74 Å². The molecule has 26 heavy (non-hydrogen) atoms. The van der Waals surface area contributed by atoms with Crippen molar-refractivity contribution in [3.63, 3.8) is 0 Å². The van der Waals surface area contributed by atoms with Crippen molar-refractivity contribution in [2.45, 2.75) is 26.7 Å². The van der Waals surface area contributed by atoms with E-state index < -0.39 is 0 Å². The van der Waals surface area contributed by atoms with E-state index in [-0.39, 0.29) is 0 Å². The van der Waals surface area contributed by atoms with Gasteiger partial charge in [-0.25, -0.2) is 9.97 Å². The largest absolute Gasteiger partial charge is 0.378 e. The zero-order valence-corrected chi connectivity index (χ0v) is 16.8. The van der Waals surface area contributed by atoms with Crippen molar-refractivity contribution in [2.24, 2.45) is 0 Å². The van der Waals surface area contributed by atoms with Gasteiger partial charge in [0.25, 0.3) is 0 Å². The molecule has 0 bridgehead atoms. The van der Waals surface area contributed by atoms with Crippen LogP contribution in [0.4, 0.5) is 5.82 Å². The number of morpholine rings is 1. The quantitative estimate of drug-likeness (QED) is 0.698. The molecule has 1 fully saturated rings. The summed E-state index contributed by atoms with van der Waals surface area (Å²) in [6, 6.07) is 6.46. The van der Waals surface area contributed by atoms with Gasteiger partial charge in [0, 0.05) is 23.1 Å². The third-order valence-electron chi connectivity index (χ3n) is 4.74. The summed E-state index contributed by atoms with van der Waals surface area (Å²) < 4.78 is 6.53. The number of hydrogen-bond donors (Lipinski definition) is 1. The Morgan fingerprint density at radius 3 is 2.65 bits per heavy atom. The maximum absolute atomic E-state index is 5.50. The van der Waals surface area contributed by atoms with Crippen molar-refractivity contribution >= 4 is 32.8 Å². The van der Waals surface area contributed by atoms with E-state index in [1.807, 2.05) is 6.92 Å². The number of aromatic nitrogens is 4. The van der Waals surface area contributed by atoms with Gasteiger partial charge in [-0.2, -0.15) is 5.10 Å². The molecule has 1 aromatic carbocycles. The van der Waals surface area contributed by atoms with Crippen LogP contribution in [0, 0.1) is 6.92 Å². The molecule has 0 radical (unpaired) electrons. The van der Waals surface area contributed by atoms with Gasteiger partial charge in [0.05, 0.1) is 18.6 Å². The third kappa shape index (κ3) is 3.10. The SMILES string of the molecule is Cc1nc(N2CCOCC2)c2c(-c3ccc(C(C)C)cc3Br)n[nH]c2n1. The summed E-state index contributed by atoms with van der Waals surface area (Å²) in [6.07, 6.45) is 0. The minimum atomic E-state index is 0.478. The average molecular weight is 416 g/mol. The average Bonchev–Trinajstić information content (AvgIpc) is 3.05. The van der Waals surface area contributed by atoms with E-state index >= 15 is 0 Å². The highest BCUT2D eigenvalue weighted by molar-refractivity contribution is 9.10. The molecule has 1 aliphatic rings. The molecule has 1 N–H and O–H groups in total. The Hall–Kier alpha value is -1.99. The topological polar surface area (TPSA) is 66.9 Å². The first-order valence-corrected chi connectivity index (χ1v) is 9.69. The zero-order valence-electron chi connectivity index (χ0n) is 15.2. The smallest absolute Gasteiger partial charge is 0.161 e. The van der Waals surface area contributed by atoms with Gasteiger partial charge in [-0.05, 0) is 24.5 Å². The summed E-state index contributed by atoms with van der Waals surface area (Å²) in [5.74, 6) is 2.15. The van der Waals surface area contributed by atoms with E-state index in [0.717, 1.165) is 51.5 Å². The van der Waals surface area contributed by atoms with Gasteiger partial charge in [0.2, 0.25) is 0 Å². The van der Waals surface area contributed by atoms with Crippen LogP contribution >= 0.6 is 15.9 Å². The van der Waals surface area contributed by atoms with Crippen molar-refractivity contribution < 1.29 is 4.74 Å². The van der Waals surface area contributed by atoms with E-state index in [2.05, 4.69) is 68.1 Å². The zero-order chi connectivity index (χ0) is 18.3. The first kappa shape index (κ1) is 17.4. The molecule has 1 aliphatic heterocycles. The molecule has 3 heterocycles. The van der Waals surface area contributed by atoms with Gasteiger partial charge in [-0.3, -0.25) is 5.10 Å². The molecule has 0 aliphatic carbocycles. The number of H-pyrrole nitrogens is 1. The van der Waals surface area contributed by atoms with Crippen LogP contribution in [0.1, 0.15) is 31.2 Å². The molecule has 136 valence electrons. The number of anilines is 1. The fraction of sp³-hybridized carbons (Fsp3) is 0.421. The fourth-order valence-corrected chi connectivity index (χ4v) is 3.89. The molecule has 1 saturated heterocycles. The first-order chi connectivity index (χ1) is 12.5. The van der Waals surface area contributed by atoms with Gasteiger partial charge in [0.1, 0.15) is 17.3 Å². The molecule has 0 amide bonds. The Kier molecular flexibility index (Phi) is 4.67. The number of fused-ring (bicyclic) bond motifs is 1. The van der Waals surface area contributed by atoms with Crippen molar-refractivity contribution in [1.82, 2.24) is 20.2 Å². The highest BCUT2D eigenvalue weighted by Gasteiger charge is 2.22. The molecule has 0 unspecified atom stereocenters. The number of hydrogen-bond acceptors (Lipinski definition) is 5. The predicted molar refractivity (Wildman–Crippen MR) is 107 cm³/mol. The molecular formula is C19H22BrN5O. The Morgan fingerprint density at radius 2 is 1.96 bits per heavy atom. The van der Waals surface area contributed by atoms with E-state index in [1.165, 1.54) is 5.56 Å². The van der Waals surface area contributed by atoms with Crippen LogP contribution in [0.3, 0.4) is 0 Å². The number of nitrogens with one attached hydrogen (secondary N) is 1. The molecule has 7 heteroatoms. The van der Waals surface area contributed by atoms with Crippen molar-refractivity contribution in [1.29, 1.82) is 0 Å². The van der Waals surface area contributed by atoms with Crippen LogP contribution in [0.15, 0.2) is 22.7 Å². The Balaban J connectivity index is 1.88. The lowest BCUT2D eigenvalue weighted by atomic mass is 10.00. The van der Waals surface area contributed by atoms with Gasteiger partial charge < -0.3 is 9.64 Å². The number of ether oxygens (including phenoxy) is 1. The van der Waals surface area contributed by atoms with Crippen molar-refractivity contribution in [3.8, 4) is 11.3 Å². The summed E-state index contributed by atoms with van der Waals surface area (Å²) in [4.78, 5) is 11.6. The number of halogens is 1. The van der Waals surface area contributed by atoms with Crippen LogP contribution in [0.5, 0.6) is 0 Å². The summed E-state index contributed by atoms with van der Waals surface area (Å²) in [5, 5.41) is 8.64. The lowest BCUT2D eigenvalue weighted by Crippen LogP contribution is -2.37. The number of aromatic amines is 1.